The molecule has 0 amide bonds. The maximum absolute atomic E-state index is 6.03. The first-order valence-electron chi connectivity index (χ1n) is 7.43. The van der Waals surface area contributed by atoms with Gasteiger partial charge in [0.2, 0.25) is 0 Å². The first kappa shape index (κ1) is 14.6. The SMILES string of the molecule is Nc1ccc(NCCC2CCCCO2)c2ncc(Br)cc12. The lowest BCUT2D eigenvalue weighted by atomic mass is 10.1. The van der Waals surface area contributed by atoms with E-state index in [0.29, 0.717) is 6.10 Å². The van der Waals surface area contributed by atoms with Crippen molar-refractivity contribution in [3.8, 4) is 0 Å². The molecule has 0 bridgehead atoms. The molecular weight excluding hydrogens is 330 g/mol. The monoisotopic (exact) mass is 349 g/mol. The Hall–Kier alpha value is -1.33. The molecule has 1 aliphatic heterocycles. The molecule has 0 saturated carbocycles. The summed E-state index contributed by atoms with van der Waals surface area (Å²) in [5.74, 6) is 0. The molecule has 2 aromatic rings. The Kier molecular flexibility index (Phi) is 4.60. The van der Waals surface area contributed by atoms with Gasteiger partial charge in [-0.1, -0.05) is 0 Å². The van der Waals surface area contributed by atoms with Crippen LogP contribution in [0.4, 0.5) is 11.4 Å². The van der Waals surface area contributed by atoms with Crippen molar-refractivity contribution in [2.75, 3.05) is 24.2 Å². The molecule has 3 N–H and O–H groups in total. The highest BCUT2D eigenvalue weighted by atomic mass is 79.9. The Balaban J connectivity index is 1.70. The molecule has 1 aromatic heterocycles. The Morgan fingerprint density at radius 1 is 1.38 bits per heavy atom. The number of nitrogen functional groups attached to an aromatic ring is 1. The van der Waals surface area contributed by atoms with E-state index in [2.05, 4.69) is 26.2 Å². The summed E-state index contributed by atoms with van der Waals surface area (Å²) < 4.78 is 6.70. The minimum Gasteiger partial charge on any atom is -0.398 e. The zero-order valence-electron chi connectivity index (χ0n) is 11.9. The van der Waals surface area contributed by atoms with Gasteiger partial charge in [-0.25, -0.2) is 0 Å². The molecule has 1 aliphatic rings. The highest BCUT2D eigenvalue weighted by Gasteiger charge is 2.13. The van der Waals surface area contributed by atoms with Crippen LogP contribution in [0.25, 0.3) is 10.9 Å². The summed E-state index contributed by atoms with van der Waals surface area (Å²) in [6.07, 6.45) is 6.89. The van der Waals surface area contributed by atoms with Crippen LogP contribution in [0.3, 0.4) is 0 Å². The van der Waals surface area contributed by atoms with E-state index in [4.69, 9.17) is 10.5 Å². The van der Waals surface area contributed by atoms with Crippen molar-refractivity contribution < 1.29 is 4.74 Å². The lowest BCUT2D eigenvalue weighted by Crippen LogP contribution is -2.22. The predicted octanol–water partition coefficient (Wildman–Crippen LogP) is 3.95. The quantitative estimate of drug-likeness (QED) is 0.820. The van der Waals surface area contributed by atoms with E-state index in [1.807, 2.05) is 18.2 Å². The molecule has 5 heteroatoms. The second-order valence-electron chi connectivity index (χ2n) is 5.46. The van der Waals surface area contributed by atoms with E-state index in [1.165, 1.54) is 19.3 Å². The highest BCUT2D eigenvalue weighted by molar-refractivity contribution is 9.10. The average Bonchev–Trinajstić information content (AvgIpc) is 2.51. The van der Waals surface area contributed by atoms with Crippen molar-refractivity contribution in [1.82, 2.24) is 4.98 Å². The van der Waals surface area contributed by atoms with Gasteiger partial charge in [-0.05, 0) is 59.8 Å². The van der Waals surface area contributed by atoms with Gasteiger partial charge < -0.3 is 15.8 Å². The summed E-state index contributed by atoms with van der Waals surface area (Å²) in [4.78, 5) is 4.49. The number of benzene rings is 1. The number of aromatic nitrogens is 1. The van der Waals surface area contributed by atoms with E-state index in [-0.39, 0.29) is 0 Å². The van der Waals surface area contributed by atoms with E-state index >= 15 is 0 Å². The molecule has 21 heavy (non-hydrogen) atoms. The average molecular weight is 350 g/mol. The van der Waals surface area contributed by atoms with Crippen LogP contribution >= 0.6 is 15.9 Å². The normalized spacial score (nSPS) is 18.8. The van der Waals surface area contributed by atoms with Crippen molar-refractivity contribution in [1.29, 1.82) is 0 Å². The number of nitrogens with zero attached hydrogens (tertiary/aromatic N) is 1. The number of anilines is 2. The van der Waals surface area contributed by atoms with Gasteiger partial charge in [0.15, 0.2) is 0 Å². The minimum atomic E-state index is 0.397. The van der Waals surface area contributed by atoms with Crippen LogP contribution in [0.2, 0.25) is 0 Å². The van der Waals surface area contributed by atoms with Gasteiger partial charge in [-0.15, -0.1) is 0 Å². The number of rotatable bonds is 4. The highest BCUT2D eigenvalue weighted by Crippen LogP contribution is 2.29. The van der Waals surface area contributed by atoms with Crippen LogP contribution in [0.5, 0.6) is 0 Å². The summed E-state index contributed by atoms with van der Waals surface area (Å²) in [5, 5.41) is 4.44. The summed E-state index contributed by atoms with van der Waals surface area (Å²) in [6.45, 7) is 1.80. The van der Waals surface area contributed by atoms with E-state index in [0.717, 1.165) is 46.3 Å². The maximum Gasteiger partial charge on any atom is 0.0954 e. The first-order valence-corrected chi connectivity index (χ1v) is 8.22. The fourth-order valence-corrected chi connectivity index (χ4v) is 3.09. The minimum absolute atomic E-state index is 0.397. The number of hydrogen-bond acceptors (Lipinski definition) is 4. The third kappa shape index (κ3) is 3.47. The number of nitrogens with two attached hydrogens (primary N) is 1. The Morgan fingerprint density at radius 3 is 3.10 bits per heavy atom. The fraction of sp³-hybridized carbons (Fsp3) is 0.438. The molecule has 1 fully saturated rings. The Morgan fingerprint density at radius 2 is 2.29 bits per heavy atom. The van der Waals surface area contributed by atoms with Crippen LogP contribution in [-0.4, -0.2) is 24.2 Å². The molecule has 1 unspecified atom stereocenters. The number of hydrogen-bond donors (Lipinski definition) is 2. The number of halogens is 1. The standard InChI is InChI=1S/C16H20BrN3O/c17-11-9-13-14(18)4-5-15(16(13)20-10-11)19-7-6-12-3-1-2-8-21-12/h4-5,9-10,12,19H,1-3,6-8,18H2. The molecule has 3 rings (SSSR count). The van der Waals surface area contributed by atoms with Crippen LogP contribution in [0.15, 0.2) is 28.9 Å². The molecule has 1 saturated heterocycles. The number of nitrogens with one attached hydrogen (secondary N) is 1. The Bertz CT molecular complexity index is 626. The lowest BCUT2D eigenvalue weighted by molar-refractivity contribution is 0.0134. The van der Waals surface area contributed by atoms with Crippen LogP contribution in [0.1, 0.15) is 25.7 Å². The number of ether oxygens (including phenoxy) is 1. The van der Waals surface area contributed by atoms with Crippen molar-refractivity contribution in [2.24, 2.45) is 0 Å². The van der Waals surface area contributed by atoms with Crippen molar-refractivity contribution in [3.05, 3.63) is 28.9 Å². The molecule has 0 spiro atoms. The topological polar surface area (TPSA) is 60.2 Å². The maximum atomic E-state index is 6.03. The van der Waals surface area contributed by atoms with Crippen LogP contribution in [0, 0.1) is 0 Å². The predicted molar refractivity (Wildman–Crippen MR) is 90.6 cm³/mol. The second-order valence-corrected chi connectivity index (χ2v) is 6.37. The largest absolute Gasteiger partial charge is 0.398 e. The van der Waals surface area contributed by atoms with E-state index in [9.17, 15) is 0 Å². The molecule has 1 aromatic carbocycles. The van der Waals surface area contributed by atoms with Crippen molar-refractivity contribution >= 4 is 38.2 Å². The van der Waals surface area contributed by atoms with Gasteiger partial charge >= 0.3 is 0 Å². The smallest absolute Gasteiger partial charge is 0.0954 e. The van der Waals surface area contributed by atoms with E-state index < -0.39 is 0 Å². The molecule has 0 radical (unpaired) electrons. The van der Waals surface area contributed by atoms with Crippen LogP contribution < -0.4 is 11.1 Å². The first-order chi connectivity index (χ1) is 10.2. The number of fused-ring (bicyclic) bond motifs is 1. The second kappa shape index (κ2) is 6.62. The van der Waals surface area contributed by atoms with Gasteiger partial charge in [0.25, 0.3) is 0 Å². The van der Waals surface area contributed by atoms with Crippen molar-refractivity contribution in [3.63, 3.8) is 0 Å². The van der Waals surface area contributed by atoms with E-state index in [1.54, 1.807) is 6.20 Å². The van der Waals surface area contributed by atoms with Gasteiger partial charge in [0.05, 0.1) is 17.3 Å². The molecular formula is C16H20BrN3O. The summed E-state index contributed by atoms with van der Waals surface area (Å²) in [6, 6.07) is 5.93. The molecule has 1 atom stereocenters. The van der Waals surface area contributed by atoms with Gasteiger partial charge in [0, 0.05) is 34.9 Å². The van der Waals surface area contributed by atoms with Crippen LogP contribution in [-0.2, 0) is 4.74 Å². The van der Waals surface area contributed by atoms with Gasteiger partial charge in [-0.2, -0.15) is 0 Å². The van der Waals surface area contributed by atoms with Crippen molar-refractivity contribution in [2.45, 2.75) is 31.8 Å². The summed E-state index contributed by atoms with van der Waals surface area (Å²) in [5.41, 5.74) is 8.73. The summed E-state index contributed by atoms with van der Waals surface area (Å²) >= 11 is 3.44. The third-order valence-corrected chi connectivity index (χ3v) is 4.34. The van der Waals surface area contributed by atoms with Gasteiger partial charge in [-0.3, -0.25) is 4.98 Å². The fourth-order valence-electron chi connectivity index (χ4n) is 2.76. The molecule has 0 aliphatic carbocycles. The number of pyridine rings is 1. The zero-order valence-corrected chi connectivity index (χ0v) is 13.5. The van der Waals surface area contributed by atoms with Gasteiger partial charge in [0.1, 0.15) is 0 Å². The molecule has 112 valence electrons. The molecule has 2 heterocycles. The molecule has 4 nitrogen and oxygen atoms in total. The summed E-state index contributed by atoms with van der Waals surface area (Å²) in [7, 11) is 0. The zero-order chi connectivity index (χ0) is 14.7. The third-order valence-electron chi connectivity index (χ3n) is 3.91. The lowest BCUT2D eigenvalue weighted by Gasteiger charge is -2.22. The Labute approximate surface area is 133 Å².